The second-order valence-electron chi connectivity index (χ2n) is 4.92. The molecule has 0 unspecified atom stereocenters. The number of benzene rings is 2. The SMILES string of the molecule is Cc1cccc(C(=N)N)c1-n1cc(-c2ccccc2)cn1. The van der Waals surface area contributed by atoms with E-state index < -0.39 is 0 Å². The Bertz CT molecular complexity index is 788. The third kappa shape index (κ3) is 2.43. The molecule has 0 aliphatic heterocycles. The molecule has 0 saturated carbocycles. The normalized spacial score (nSPS) is 10.5. The van der Waals surface area contributed by atoms with Crippen LogP contribution in [-0.4, -0.2) is 15.6 Å². The van der Waals surface area contributed by atoms with E-state index in [4.69, 9.17) is 11.1 Å². The maximum Gasteiger partial charge on any atom is 0.124 e. The van der Waals surface area contributed by atoms with Crippen LogP contribution in [0.2, 0.25) is 0 Å². The highest BCUT2D eigenvalue weighted by Gasteiger charge is 2.12. The monoisotopic (exact) mass is 276 g/mol. The average molecular weight is 276 g/mol. The number of amidine groups is 1. The van der Waals surface area contributed by atoms with E-state index in [1.807, 2.05) is 67.8 Å². The Hall–Kier alpha value is -2.88. The molecule has 0 bridgehead atoms. The summed E-state index contributed by atoms with van der Waals surface area (Å²) in [5, 5.41) is 12.2. The van der Waals surface area contributed by atoms with Crippen molar-refractivity contribution in [1.82, 2.24) is 9.78 Å². The van der Waals surface area contributed by atoms with E-state index in [0.29, 0.717) is 5.56 Å². The lowest BCUT2D eigenvalue weighted by Gasteiger charge is -2.11. The van der Waals surface area contributed by atoms with Gasteiger partial charge in [0.05, 0.1) is 11.9 Å². The number of aryl methyl sites for hydroxylation is 1. The molecular formula is C17H16N4. The van der Waals surface area contributed by atoms with Gasteiger partial charge in [-0.3, -0.25) is 5.41 Å². The number of nitrogen functional groups attached to an aromatic ring is 1. The molecule has 0 saturated heterocycles. The Kier molecular flexibility index (Phi) is 3.28. The number of nitrogens with one attached hydrogen (secondary N) is 1. The van der Waals surface area contributed by atoms with E-state index in [1.54, 1.807) is 4.68 Å². The fourth-order valence-corrected chi connectivity index (χ4v) is 2.41. The molecule has 4 heteroatoms. The first-order valence-corrected chi connectivity index (χ1v) is 6.71. The molecule has 3 N–H and O–H groups in total. The lowest BCUT2D eigenvalue weighted by molar-refractivity contribution is 0.870. The van der Waals surface area contributed by atoms with Crippen LogP contribution in [0, 0.1) is 12.3 Å². The van der Waals surface area contributed by atoms with Crippen LogP contribution < -0.4 is 5.73 Å². The highest BCUT2D eigenvalue weighted by atomic mass is 15.3. The van der Waals surface area contributed by atoms with Gasteiger partial charge in [-0.05, 0) is 24.1 Å². The number of hydrogen-bond donors (Lipinski definition) is 2. The third-order valence-electron chi connectivity index (χ3n) is 3.45. The first-order chi connectivity index (χ1) is 10.2. The molecule has 4 nitrogen and oxygen atoms in total. The Morgan fingerprint density at radius 2 is 1.81 bits per heavy atom. The molecule has 0 fully saturated rings. The average Bonchev–Trinajstić information content (AvgIpc) is 2.97. The van der Waals surface area contributed by atoms with Crippen molar-refractivity contribution in [2.75, 3.05) is 0 Å². The van der Waals surface area contributed by atoms with Crippen molar-refractivity contribution in [2.24, 2.45) is 5.73 Å². The van der Waals surface area contributed by atoms with Crippen molar-refractivity contribution in [2.45, 2.75) is 6.92 Å². The van der Waals surface area contributed by atoms with Crippen molar-refractivity contribution < 1.29 is 0 Å². The largest absolute Gasteiger partial charge is 0.384 e. The minimum Gasteiger partial charge on any atom is -0.384 e. The molecule has 104 valence electrons. The zero-order valence-electron chi connectivity index (χ0n) is 11.7. The number of hydrogen-bond acceptors (Lipinski definition) is 2. The van der Waals surface area contributed by atoms with Gasteiger partial charge in [-0.1, -0.05) is 42.5 Å². The molecule has 0 radical (unpaired) electrons. The van der Waals surface area contributed by atoms with Gasteiger partial charge in [-0.2, -0.15) is 5.10 Å². The molecule has 0 spiro atoms. The maximum atomic E-state index is 7.73. The summed E-state index contributed by atoms with van der Waals surface area (Å²) in [7, 11) is 0. The summed E-state index contributed by atoms with van der Waals surface area (Å²) >= 11 is 0. The first kappa shape index (κ1) is 13.1. The maximum absolute atomic E-state index is 7.73. The van der Waals surface area contributed by atoms with E-state index in [1.165, 1.54) is 0 Å². The Morgan fingerprint density at radius 3 is 2.52 bits per heavy atom. The van der Waals surface area contributed by atoms with Crippen LogP contribution in [0.3, 0.4) is 0 Å². The van der Waals surface area contributed by atoms with Crippen LogP contribution in [0.5, 0.6) is 0 Å². The molecular weight excluding hydrogens is 260 g/mol. The summed E-state index contributed by atoms with van der Waals surface area (Å²) in [4.78, 5) is 0. The number of nitrogens with two attached hydrogens (primary N) is 1. The minimum absolute atomic E-state index is 0.0467. The van der Waals surface area contributed by atoms with E-state index in [2.05, 4.69) is 5.10 Å². The van der Waals surface area contributed by atoms with Crippen molar-refractivity contribution in [3.63, 3.8) is 0 Å². The summed E-state index contributed by atoms with van der Waals surface area (Å²) in [5.41, 5.74) is 10.4. The van der Waals surface area contributed by atoms with Gasteiger partial charge in [0.15, 0.2) is 0 Å². The Labute approximate surface area is 123 Å². The highest BCUT2D eigenvalue weighted by Crippen LogP contribution is 2.23. The number of rotatable bonds is 3. The van der Waals surface area contributed by atoms with E-state index in [0.717, 1.165) is 22.4 Å². The second-order valence-corrected chi connectivity index (χ2v) is 4.92. The second kappa shape index (κ2) is 5.25. The molecule has 2 aromatic carbocycles. The van der Waals surface area contributed by atoms with Crippen LogP contribution in [0.25, 0.3) is 16.8 Å². The summed E-state index contributed by atoms with van der Waals surface area (Å²) < 4.78 is 1.79. The van der Waals surface area contributed by atoms with Crippen molar-refractivity contribution in [3.05, 3.63) is 72.1 Å². The van der Waals surface area contributed by atoms with Crippen LogP contribution >= 0.6 is 0 Å². The zero-order valence-corrected chi connectivity index (χ0v) is 11.7. The van der Waals surface area contributed by atoms with Crippen LogP contribution in [0.15, 0.2) is 60.9 Å². The molecule has 0 aliphatic carbocycles. The molecule has 3 rings (SSSR count). The molecule has 21 heavy (non-hydrogen) atoms. The quantitative estimate of drug-likeness (QED) is 0.570. The van der Waals surface area contributed by atoms with Gasteiger partial charge in [-0.15, -0.1) is 0 Å². The molecule has 0 atom stereocenters. The third-order valence-corrected chi connectivity index (χ3v) is 3.45. The van der Waals surface area contributed by atoms with Gasteiger partial charge in [0.25, 0.3) is 0 Å². The predicted octanol–water partition coefficient (Wildman–Crippen LogP) is 3.13. The van der Waals surface area contributed by atoms with E-state index in [9.17, 15) is 0 Å². The zero-order chi connectivity index (χ0) is 14.8. The van der Waals surface area contributed by atoms with E-state index in [-0.39, 0.29) is 5.84 Å². The fourth-order valence-electron chi connectivity index (χ4n) is 2.41. The highest BCUT2D eigenvalue weighted by molar-refractivity contribution is 5.99. The predicted molar refractivity (Wildman–Crippen MR) is 84.8 cm³/mol. The van der Waals surface area contributed by atoms with Gasteiger partial charge in [0, 0.05) is 17.3 Å². The van der Waals surface area contributed by atoms with Crippen LogP contribution in [-0.2, 0) is 0 Å². The Morgan fingerprint density at radius 1 is 1.05 bits per heavy atom. The van der Waals surface area contributed by atoms with Gasteiger partial charge >= 0.3 is 0 Å². The van der Waals surface area contributed by atoms with Crippen LogP contribution in [0.1, 0.15) is 11.1 Å². The minimum atomic E-state index is 0.0467. The summed E-state index contributed by atoms with van der Waals surface area (Å²) in [5.74, 6) is 0.0467. The molecule has 1 heterocycles. The summed E-state index contributed by atoms with van der Waals surface area (Å²) in [6.45, 7) is 1.99. The lowest BCUT2D eigenvalue weighted by Crippen LogP contribution is -2.15. The number of aromatic nitrogens is 2. The Balaban J connectivity index is 2.11. The van der Waals surface area contributed by atoms with Gasteiger partial charge in [-0.25, -0.2) is 4.68 Å². The fraction of sp³-hybridized carbons (Fsp3) is 0.0588. The summed E-state index contributed by atoms with van der Waals surface area (Å²) in [6.07, 6.45) is 3.79. The van der Waals surface area contributed by atoms with E-state index >= 15 is 0 Å². The molecule has 1 aromatic heterocycles. The van der Waals surface area contributed by atoms with Crippen molar-refractivity contribution in [3.8, 4) is 16.8 Å². The summed E-state index contributed by atoms with van der Waals surface area (Å²) in [6, 6.07) is 15.8. The standard InChI is InChI=1S/C17H16N4/c1-12-6-5-9-15(17(18)19)16(12)21-11-14(10-20-21)13-7-3-2-4-8-13/h2-11H,1H3,(H3,18,19). The first-order valence-electron chi connectivity index (χ1n) is 6.71. The number of para-hydroxylation sites is 1. The van der Waals surface area contributed by atoms with Crippen LogP contribution in [0.4, 0.5) is 0 Å². The smallest absolute Gasteiger partial charge is 0.124 e. The topological polar surface area (TPSA) is 67.7 Å². The number of nitrogens with zero attached hydrogens (tertiary/aromatic N) is 2. The molecule has 0 aliphatic rings. The van der Waals surface area contributed by atoms with Gasteiger partial charge < -0.3 is 5.73 Å². The van der Waals surface area contributed by atoms with Gasteiger partial charge in [0.1, 0.15) is 5.84 Å². The van der Waals surface area contributed by atoms with Gasteiger partial charge in [0.2, 0.25) is 0 Å². The molecule has 3 aromatic rings. The van der Waals surface area contributed by atoms with Crippen molar-refractivity contribution in [1.29, 1.82) is 5.41 Å². The van der Waals surface area contributed by atoms with Crippen molar-refractivity contribution >= 4 is 5.84 Å². The lowest BCUT2D eigenvalue weighted by atomic mass is 10.1. The molecule has 0 amide bonds.